The van der Waals surface area contributed by atoms with Crippen LogP contribution in [0, 0.1) is 12.3 Å². The standard InChI is InChI=1S/C15H22N2O2S/c1-5-10-17(6-2)20(18,19)15-9-7-8-14(11-15)12-16-13(3)4/h1,7-9,11,13,16H,6,10,12H2,2-4H3. The lowest BCUT2D eigenvalue weighted by Crippen LogP contribution is -2.31. The molecule has 110 valence electrons. The molecule has 0 saturated heterocycles. The van der Waals surface area contributed by atoms with Crippen LogP contribution in [-0.4, -0.2) is 31.9 Å². The average Bonchev–Trinajstić information content (AvgIpc) is 2.42. The fourth-order valence-electron chi connectivity index (χ4n) is 1.76. The predicted molar refractivity (Wildman–Crippen MR) is 81.7 cm³/mol. The Hall–Kier alpha value is -1.35. The molecule has 1 rings (SSSR count). The normalized spacial score (nSPS) is 11.8. The van der Waals surface area contributed by atoms with E-state index in [1.807, 2.05) is 19.9 Å². The largest absolute Gasteiger partial charge is 0.310 e. The molecule has 0 aromatic heterocycles. The van der Waals surface area contributed by atoms with Crippen molar-refractivity contribution in [3.63, 3.8) is 0 Å². The molecule has 0 aliphatic rings. The molecule has 0 atom stereocenters. The summed E-state index contributed by atoms with van der Waals surface area (Å²) >= 11 is 0. The number of benzene rings is 1. The quantitative estimate of drug-likeness (QED) is 0.781. The number of sulfonamides is 1. The second-order valence-corrected chi connectivity index (χ2v) is 6.76. The molecule has 1 aromatic carbocycles. The first kappa shape index (κ1) is 16.7. The molecule has 1 aromatic rings. The van der Waals surface area contributed by atoms with E-state index in [1.165, 1.54) is 4.31 Å². The average molecular weight is 294 g/mol. The topological polar surface area (TPSA) is 49.4 Å². The number of hydrogen-bond donors (Lipinski definition) is 1. The molecule has 1 N–H and O–H groups in total. The van der Waals surface area contributed by atoms with Gasteiger partial charge in [-0.05, 0) is 17.7 Å². The van der Waals surface area contributed by atoms with Crippen LogP contribution in [0.2, 0.25) is 0 Å². The van der Waals surface area contributed by atoms with E-state index in [9.17, 15) is 8.42 Å². The van der Waals surface area contributed by atoms with Gasteiger partial charge in [0.1, 0.15) is 0 Å². The van der Waals surface area contributed by atoms with E-state index >= 15 is 0 Å². The summed E-state index contributed by atoms with van der Waals surface area (Å²) in [4.78, 5) is 0.289. The smallest absolute Gasteiger partial charge is 0.243 e. The summed E-state index contributed by atoms with van der Waals surface area (Å²) < 4.78 is 26.2. The lowest BCUT2D eigenvalue weighted by Gasteiger charge is -2.18. The third-order valence-electron chi connectivity index (χ3n) is 2.87. The van der Waals surface area contributed by atoms with Crippen molar-refractivity contribution in [1.82, 2.24) is 9.62 Å². The zero-order valence-corrected chi connectivity index (χ0v) is 13.1. The molecule has 5 heteroatoms. The number of terminal acetylenes is 1. The van der Waals surface area contributed by atoms with Crippen molar-refractivity contribution in [2.24, 2.45) is 0 Å². The van der Waals surface area contributed by atoms with Crippen molar-refractivity contribution in [3.05, 3.63) is 29.8 Å². The van der Waals surface area contributed by atoms with E-state index in [0.29, 0.717) is 19.1 Å². The van der Waals surface area contributed by atoms with Gasteiger partial charge >= 0.3 is 0 Å². The van der Waals surface area contributed by atoms with Gasteiger partial charge in [0, 0.05) is 19.1 Å². The summed E-state index contributed by atoms with van der Waals surface area (Å²) in [5, 5.41) is 3.27. The van der Waals surface area contributed by atoms with Crippen LogP contribution in [0.5, 0.6) is 0 Å². The van der Waals surface area contributed by atoms with Crippen LogP contribution in [0.3, 0.4) is 0 Å². The third-order valence-corrected chi connectivity index (χ3v) is 4.79. The van der Waals surface area contributed by atoms with Crippen molar-refractivity contribution >= 4 is 10.0 Å². The molecule has 0 aliphatic carbocycles. The van der Waals surface area contributed by atoms with Gasteiger partial charge in [-0.25, -0.2) is 8.42 Å². The molecule has 0 amide bonds. The summed E-state index contributed by atoms with van der Waals surface area (Å²) in [5.74, 6) is 2.38. The Kier molecular flexibility index (Phi) is 6.21. The zero-order valence-electron chi connectivity index (χ0n) is 12.3. The van der Waals surface area contributed by atoms with Crippen molar-refractivity contribution < 1.29 is 8.42 Å². The zero-order chi connectivity index (χ0) is 15.2. The Bertz CT molecular complexity index is 574. The fourth-order valence-corrected chi connectivity index (χ4v) is 3.19. The maximum atomic E-state index is 12.5. The van der Waals surface area contributed by atoms with Gasteiger partial charge in [-0.3, -0.25) is 0 Å². The molecule has 0 spiro atoms. The van der Waals surface area contributed by atoms with Crippen molar-refractivity contribution in [2.75, 3.05) is 13.1 Å². The Morgan fingerprint density at radius 3 is 2.65 bits per heavy atom. The first-order valence-electron chi connectivity index (χ1n) is 6.67. The highest BCUT2D eigenvalue weighted by Crippen LogP contribution is 2.16. The van der Waals surface area contributed by atoms with Crippen LogP contribution in [0.25, 0.3) is 0 Å². The van der Waals surface area contributed by atoms with Gasteiger partial charge in [-0.2, -0.15) is 4.31 Å². The Morgan fingerprint density at radius 1 is 1.40 bits per heavy atom. The number of rotatable bonds is 7. The molecule has 0 radical (unpaired) electrons. The van der Waals surface area contributed by atoms with E-state index in [0.717, 1.165) is 5.56 Å². The van der Waals surface area contributed by atoms with Crippen LogP contribution in [0.1, 0.15) is 26.3 Å². The van der Waals surface area contributed by atoms with Gasteiger partial charge in [-0.15, -0.1) is 6.42 Å². The van der Waals surface area contributed by atoms with E-state index in [-0.39, 0.29) is 11.4 Å². The fraction of sp³-hybridized carbons (Fsp3) is 0.467. The Morgan fingerprint density at radius 2 is 2.10 bits per heavy atom. The van der Waals surface area contributed by atoms with Crippen LogP contribution >= 0.6 is 0 Å². The van der Waals surface area contributed by atoms with Gasteiger partial charge in [0.05, 0.1) is 11.4 Å². The number of nitrogens with one attached hydrogen (secondary N) is 1. The molecule has 0 saturated carbocycles. The highest BCUT2D eigenvalue weighted by molar-refractivity contribution is 7.89. The first-order valence-corrected chi connectivity index (χ1v) is 8.11. The van der Waals surface area contributed by atoms with E-state index in [4.69, 9.17) is 6.42 Å². The number of nitrogens with zero attached hydrogens (tertiary/aromatic N) is 1. The van der Waals surface area contributed by atoms with Crippen molar-refractivity contribution in [1.29, 1.82) is 0 Å². The maximum Gasteiger partial charge on any atom is 0.243 e. The lowest BCUT2D eigenvalue weighted by molar-refractivity contribution is 0.464. The molecular formula is C15H22N2O2S. The highest BCUT2D eigenvalue weighted by Gasteiger charge is 2.22. The summed E-state index contributed by atoms with van der Waals surface area (Å²) in [6.07, 6.45) is 5.22. The van der Waals surface area contributed by atoms with E-state index < -0.39 is 10.0 Å². The van der Waals surface area contributed by atoms with Gasteiger partial charge < -0.3 is 5.32 Å². The molecule has 0 aliphatic heterocycles. The monoisotopic (exact) mass is 294 g/mol. The van der Waals surface area contributed by atoms with Gasteiger partial charge in [-0.1, -0.05) is 38.8 Å². The van der Waals surface area contributed by atoms with E-state index in [1.54, 1.807) is 25.1 Å². The lowest BCUT2D eigenvalue weighted by atomic mass is 10.2. The van der Waals surface area contributed by atoms with Crippen molar-refractivity contribution in [3.8, 4) is 12.3 Å². The maximum absolute atomic E-state index is 12.5. The predicted octanol–water partition coefficient (Wildman–Crippen LogP) is 1.83. The minimum absolute atomic E-state index is 0.0906. The highest BCUT2D eigenvalue weighted by atomic mass is 32.2. The molecule has 0 unspecified atom stereocenters. The molecule has 0 bridgehead atoms. The van der Waals surface area contributed by atoms with Crippen molar-refractivity contribution in [2.45, 2.75) is 38.3 Å². The van der Waals surface area contributed by atoms with E-state index in [2.05, 4.69) is 11.2 Å². The molecular weight excluding hydrogens is 272 g/mol. The minimum Gasteiger partial charge on any atom is -0.310 e. The second-order valence-electron chi connectivity index (χ2n) is 4.82. The van der Waals surface area contributed by atoms with Gasteiger partial charge in [0.25, 0.3) is 0 Å². The molecule has 4 nitrogen and oxygen atoms in total. The molecule has 20 heavy (non-hydrogen) atoms. The molecule has 0 fully saturated rings. The Labute approximate surface area is 122 Å². The first-order chi connectivity index (χ1) is 9.41. The summed E-state index contributed by atoms with van der Waals surface area (Å²) in [7, 11) is -3.51. The summed E-state index contributed by atoms with van der Waals surface area (Å²) in [6.45, 7) is 6.97. The van der Waals surface area contributed by atoms with Crippen LogP contribution in [0.15, 0.2) is 29.2 Å². The number of hydrogen-bond acceptors (Lipinski definition) is 3. The third kappa shape index (κ3) is 4.34. The molecule has 0 heterocycles. The summed E-state index contributed by atoms with van der Waals surface area (Å²) in [6, 6.07) is 7.32. The van der Waals surface area contributed by atoms with Crippen LogP contribution in [0.4, 0.5) is 0 Å². The van der Waals surface area contributed by atoms with Gasteiger partial charge in [0.15, 0.2) is 0 Å². The van der Waals surface area contributed by atoms with Crippen LogP contribution in [-0.2, 0) is 16.6 Å². The Balaban J connectivity index is 3.01. The minimum atomic E-state index is -3.51. The summed E-state index contributed by atoms with van der Waals surface area (Å²) in [5.41, 5.74) is 0.941. The second kappa shape index (κ2) is 7.44. The van der Waals surface area contributed by atoms with Crippen LogP contribution < -0.4 is 5.32 Å². The SMILES string of the molecule is C#CCN(CC)S(=O)(=O)c1cccc(CNC(C)C)c1. The van der Waals surface area contributed by atoms with Gasteiger partial charge in [0.2, 0.25) is 10.0 Å².